The number of aliphatic hydroxyl groups excluding tert-OH is 1. The van der Waals surface area contributed by atoms with Gasteiger partial charge in [0.15, 0.2) is 12.7 Å². The number of anilines is 1. The second-order valence-corrected chi connectivity index (χ2v) is 4.89. The normalized spacial score (nSPS) is 11.4. The molecule has 2 aromatic carbocycles. The molecule has 0 unspecified atom stereocenters. The van der Waals surface area contributed by atoms with Crippen LogP contribution in [-0.4, -0.2) is 28.5 Å². The quantitative estimate of drug-likeness (QED) is 0.468. The average molecular weight is 348 g/mol. The molecule has 0 fully saturated rings. The van der Waals surface area contributed by atoms with E-state index in [0.717, 1.165) is 18.2 Å². The number of ether oxygens (including phenoxy) is 1. The van der Waals surface area contributed by atoms with Gasteiger partial charge in [0.05, 0.1) is 10.6 Å². The number of halogens is 1. The molecule has 2 rings (SSSR count). The van der Waals surface area contributed by atoms with Crippen molar-refractivity contribution in [1.82, 2.24) is 0 Å². The third-order valence-corrected chi connectivity index (χ3v) is 3.12. The Kier molecular flexibility index (Phi) is 5.75. The van der Waals surface area contributed by atoms with Gasteiger partial charge in [0.1, 0.15) is 5.82 Å². The predicted octanol–water partition coefficient (Wildman–Crippen LogP) is 1.95. The van der Waals surface area contributed by atoms with E-state index < -0.39 is 46.7 Å². The van der Waals surface area contributed by atoms with Gasteiger partial charge < -0.3 is 15.2 Å². The van der Waals surface area contributed by atoms with Crippen molar-refractivity contribution in [2.24, 2.45) is 0 Å². The monoisotopic (exact) mass is 348 g/mol. The van der Waals surface area contributed by atoms with E-state index in [-0.39, 0.29) is 5.56 Å². The fourth-order valence-electron chi connectivity index (χ4n) is 1.90. The third-order valence-electron chi connectivity index (χ3n) is 3.12. The van der Waals surface area contributed by atoms with Gasteiger partial charge >= 0.3 is 5.97 Å². The lowest BCUT2D eigenvalue weighted by atomic mass is 10.1. The Bertz CT molecular complexity index is 796. The molecule has 130 valence electrons. The highest BCUT2D eigenvalue weighted by atomic mass is 19.1. The molecule has 1 atom stereocenters. The molecule has 8 nitrogen and oxygen atoms in total. The molecule has 0 spiro atoms. The van der Waals surface area contributed by atoms with Crippen molar-refractivity contribution in [3.05, 3.63) is 70.0 Å². The number of non-ortho nitro benzene ring substituents is 1. The molecule has 0 aliphatic rings. The third kappa shape index (κ3) is 4.82. The summed E-state index contributed by atoms with van der Waals surface area (Å²) in [5.41, 5.74) is -0.537. The van der Waals surface area contributed by atoms with Gasteiger partial charge in [0.2, 0.25) is 0 Å². The highest BCUT2D eigenvalue weighted by molar-refractivity contribution is 5.93. The van der Waals surface area contributed by atoms with Crippen LogP contribution < -0.4 is 5.32 Å². The van der Waals surface area contributed by atoms with Gasteiger partial charge in [-0.3, -0.25) is 14.9 Å². The molecule has 25 heavy (non-hydrogen) atoms. The number of rotatable bonds is 6. The maximum Gasteiger partial charge on any atom is 0.340 e. The largest absolute Gasteiger partial charge is 0.453 e. The zero-order valence-corrected chi connectivity index (χ0v) is 12.7. The van der Waals surface area contributed by atoms with Crippen LogP contribution in [-0.2, 0) is 14.3 Å². The van der Waals surface area contributed by atoms with Crippen molar-refractivity contribution in [1.29, 1.82) is 0 Å². The predicted molar refractivity (Wildman–Crippen MR) is 84.0 cm³/mol. The summed E-state index contributed by atoms with van der Waals surface area (Å²) in [6, 6.07) is 10.6. The van der Waals surface area contributed by atoms with Crippen LogP contribution in [0.15, 0.2) is 48.5 Å². The first kappa shape index (κ1) is 18.0. The summed E-state index contributed by atoms with van der Waals surface area (Å²) in [5.74, 6) is -2.84. The molecule has 0 saturated carbocycles. The molecule has 0 aromatic heterocycles. The van der Waals surface area contributed by atoms with Gasteiger partial charge in [-0.15, -0.1) is 0 Å². The Labute approximate surface area is 141 Å². The Morgan fingerprint density at radius 2 is 1.92 bits per heavy atom. The van der Waals surface area contributed by atoms with Gasteiger partial charge in [-0.05, 0) is 11.6 Å². The lowest BCUT2D eigenvalue weighted by Gasteiger charge is -2.11. The molecule has 0 aliphatic carbocycles. The van der Waals surface area contributed by atoms with Crippen molar-refractivity contribution in [2.75, 3.05) is 11.9 Å². The first-order valence-corrected chi connectivity index (χ1v) is 7.02. The zero-order valence-electron chi connectivity index (χ0n) is 12.7. The van der Waals surface area contributed by atoms with Gasteiger partial charge in [-0.1, -0.05) is 30.3 Å². The molecule has 0 heterocycles. The maximum absolute atomic E-state index is 13.6. The number of nitro groups is 1. The first-order chi connectivity index (χ1) is 11.9. The smallest absolute Gasteiger partial charge is 0.340 e. The fraction of sp³-hybridized carbons (Fsp3) is 0.125. The van der Waals surface area contributed by atoms with Crippen LogP contribution in [0.1, 0.15) is 11.7 Å². The summed E-state index contributed by atoms with van der Waals surface area (Å²) in [6.45, 7) is -0.787. The second kappa shape index (κ2) is 7.97. The van der Waals surface area contributed by atoms with Gasteiger partial charge in [0, 0.05) is 12.1 Å². The summed E-state index contributed by atoms with van der Waals surface area (Å²) in [4.78, 5) is 33.3. The number of carbonyl (C=O) groups is 2. The number of esters is 1. The fourth-order valence-corrected chi connectivity index (χ4v) is 1.90. The van der Waals surface area contributed by atoms with Crippen LogP contribution in [0.5, 0.6) is 0 Å². The summed E-state index contributed by atoms with van der Waals surface area (Å²) in [5, 5.41) is 22.5. The SMILES string of the molecule is O=C(COC(=O)[C@@H](O)c1ccccc1)Nc1cc([N+](=O)[O-])ccc1F. The van der Waals surface area contributed by atoms with Crippen LogP contribution in [0.3, 0.4) is 0 Å². The van der Waals surface area contributed by atoms with Crippen molar-refractivity contribution in [3.63, 3.8) is 0 Å². The Hall–Kier alpha value is -3.33. The van der Waals surface area contributed by atoms with Crippen LogP contribution in [0.25, 0.3) is 0 Å². The number of hydrogen-bond donors (Lipinski definition) is 2. The van der Waals surface area contributed by atoms with Gasteiger partial charge in [-0.2, -0.15) is 0 Å². The molecule has 2 N–H and O–H groups in total. The molecule has 0 saturated heterocycles. The van der Waals surface area contributed by atoms with E-state index in [4.69, 9.17) is 0 Å². The van der Waals surface area contributed by atoms with Gasteiger partial charge in [0.25, 0.3) is 11.6 Å². The number of nitrogens with one attached hydrogen (secondary N) is 1. The van der Waals surface area contributed by atoms with E-state index in [1.165, 1.54) is 12.1 Å². The van der Waals surface area contributed by atoms with Crippen molar-refractivity contribution >= 4 is 23.3 Å². The van der Waals surface area contributed by atoms with Crippen molar-refractivity contribution < 1.29 is 28.7 Å². The van der Waals surface area contributed by atoms with E-state index in [1.54, 1.807) is 18.2 Å². The Balaban J connectivity index is 1.94. The number of nitro benzene ring substituents is 1. The Morgan fingerprint density at radius 3 is 2.56 bits per heavy atom. The number of hydrogen-bond acceptors (Lipinski definition) is 6. The average Bonchev–Trinajstić information content (AvgIpc) is 2.61. The minimum Gasteiger partial charge on any atom is -0.453 e. The highest BCUT2D eigenvalue weighted by Crippen LogP contribution is 2.21. The van der Waals surface area contributed by atoms with Crippen LogP contribution in [0.2, 0.25) is 0 Å². The van der Waals surface area contributed by atoms with Crippen molar-refractivity contribution in [3.8, 4) is 0 Å². The van der Waals surface area contributed by atoms with Crippen LogP contribution in [0.4, 0.5) is 15.8 Å². The molecule has 2 aromatic rings. The van der Waals surface area contributed by atoms with E-state index >= 15 is 0 Å². The van der Waals surface area contributed by atoms with E-state index in [1.807, 2.05) is 0 Å². The maximum atomic E-state index is 13.6. The van der Waals surface area contributed by atoms with E-state index in [9.17, 15) is 29.2 Å². The number of amides is 1. The summed E-state index contributed by atoms with van der Waals surface area (Å²) in [6.07, 6.45) is -1.57. The summed E-state index contributed by atoms with van der Waals surface area (Å²) in [7, 11) is 0. The van der Waals surface area contributed by atoms with Gasteiger partial charge in [-0.25, -0.2) is 9.18 Å². The molecule has 1 amide bonds. The molecular formula is C16H13FN2O6. The minimum absolute atomic E-state index is 0.289. The van der Waals surface area contributed by atoms with Crippen LogP contribution >= 0.6 is 0 Å². The number of nitrogens with zero attached hydrogens (tertiary/aromatic N) is 1. The zero-order chi connectivity index (χ0) is 18.4. The first-order valence-electron chi connectivity index (χ1n) is 7.02. The molecule has 9 heteroatoms. The highest BCUT2D eigenvalue weighted by Gasteiger charge is 2.20. The van der Waals surface area contributed by atoms with E-state index in [2.05, 4.69) is 10.1 Å². The molecule has 0 bridgehead atoms. The molecular weight excluding hydrogens is 335 g/mol. The second-order valence-electron chi connectivity index (χ2n) is 4.89. The van der Waals surface area contributed by atoms with E-state index in [0.29, 0.717) is 0 Å². The minimum atomic E-state index is -1.57. The van der Waals surface area contributed by atoms with Crippen molar-refractivity contribution in [2.45, 2.75) is 6.10 Å². The Morgan fingerprint density at radius 1 is 1.24 bits per heavy atom. The summed E-state index contributed by atoms with van der Waals surface area (Å²) < 4.78 is 18.2. The standard InChI is InChI=1S/C16H13FN2O6/c17-12-7-6-11(19(23)24)8-13(12)18-14(20)9-25-16(22)15(21)10-4-2-1-3-5-10/h1-8,15,21H,9H2,(H,18,20)/t15-/m0/s1. The summed E-state index contributed by atoms with van der Waals surface area (Å²) >= 11 is 0. The van der Waals surface area contributed by atoms with Crippen LogP contribution in [0, 0.1) is 15.9 Å². The topological polar surface area (TPSA) is 119 Å². The lowest BCUT2D eigenvalue weighted by Crippen LogP contribution is -2.24. The number of benzene rings is 2. The number of aliphatic hydroxyl groups is 1. The molecule has 0 aliphatic heterocycles. The number of carbonyl (C=O) groups excluding carboxylic acids is 2. The molecule has 0 radical (unpaired) electrons. The lowest BCUT2D eigenvalue weighted by molar-refractivity contribution is -0.384.